The number of fused-ring (bicyclic) bond motifs is 1. The van der Waals surface area contributed by atoms with E-state index in [9.17, 15) is 9.59 Å². The highest BCUT2D eigenvalue weighted by molar-refractivity contribution is 5.87. The molecule has 3 rings (SSSR count). The molecule has 0 unspecified atom stereocenters. The third-order valence-corrected chi connectivity index (χ3v) is 4.18. The largest absolute Gasteiger partial charge is 0.482 e. The molecule has 3 aromatic rings. The van der Waals surface area contributed by atoms with Crippen LogP contribution in [-0.4, -0.2) is 39.9 Å². The fourth-order valence-corrected chi connectivity index (χ4v) is 2.88. The van der Waals surface area contributed by atoms with Crippen molar-refractivity contribution in [3.8, 4) is 5.75 Å². The van der Waals surface area contributed by atoms with E-state index in [1.165, 1.54) is 0 Å². The molecule has 0 aliphatic carbocycles. The zero-order valence-corrected chi connectivity index (χ0v) is 15.0. The van der Waals surface area contributed by atoms with Gasteiger partial charge < -0.3 is 15.2 Å². The van der Waals surface area contributed by atoms with E-state index in [1.807, 2.05) is 43.4 Å². The average Bonchev–Trinajstić information content (AvgIpc) is 2.97. The minimum Gasteiger partial charge on any atom is -0.482 e. The number of rotatable bonds is 8. The number of nitrogens with zero attached hydrogens (tertiary/aromatic N) is 2. The SMILES string of the molecule is Cn1nc(CC(=O)NCCc2ccc(OCC(=O)O)cc2)c2ccccc21. The Hall–Kier alpha value is -3.35. The Bertz CT molecular complexity index is 948. The third kappa shape index (κ3) is 4.84. The number of carboxylic acids is 1. The third-order valence-electron chi connectivity index (χ3n) is 4.18. The Labute approximate surface area is 156 Å². The number of aromatic nitrogens is 2. The van der Waals surface area contributed by atoms with Gasteiger partial charge in [-0.2, -0.15) is 5.10 Å². The lowest BCUT2D eigenvalue weighted by atomic mass is 10.1. The summed E-state index contributed by atoms with van der Waals surface area (Å²) < 4.78 is 6.87. The van der Waals surface area contributed by atoms with E-state index in [2.05, 4.69) is 10.4 Å². The average molecular weight is 367 g/mol. The molecule has 1 heterocycles. The molecular weight excluding hydrogens is 346 g/mol. The first-order valence-corrected chi connectivity index (χ1v) is 8.64. The Kier molecular flexibility index (Phi) is 5.71. The number of hydrogen-bond acceptors (Lipinski definition) is 4. The van der Waals surface area contributed by atoms with Crippen molar-refractivity contribution in [1.82, 2.24) is 15.1 Å². The van der Waals surface area contributed by atoms with E-state index in [-0.39, 0.29) is 18.9 Å². The highest BCUT2D eigenvalue weighted by Crippen LogP contribution is 2.17. The van der Waals surface area contributed by atoms with Crippen LogP contribution in [0.1, 0.15) is 11.3 Å². The molecule has 1 aromatic heterocycles. The van der Waals surface area contributed by atoms with Crippen LogP contribution in [-0.2, 0) is 29.5 Å². The number of carbonyl (C=O) groups is 2. The highest BCUT2D eigenvalue weighted by Gasteiger charge is 2.11. The standard InChI is InChI=1S/C20H21N3O4/c1-23-18-5-3-2-4-16(18)17(22-23)12-19(24)21-11-10-14-6-8-15(9-7-14)27-13-20(25)26/h2-9H,10-13H2,1H3,(H,21,24)(H,25,26). The molecule has 0 spiro atoms. The van der Waals surface area contributed by atoms with Crippen molar-refractivity contribution in [3.63, 3.8) is 0 Å². The first-order valence-electron chi connectivity index (χ1n) is 8.64. The second-order valence-electron chi connectivity index (χ2n) is 6.19. The van der Waals surface area contributed by atoms with Crippen molar-refractivity contribution in [2.45, 2.75) is 12.8 Å². The summed E-state index contributed by atoms with van der Waals surface area (Å²) in [6, 6.07) is 15.0. The topological polar surface area (TPSA) is 93.5 Å². The maximum atomic E-state index is 12.2. The van der Waals surface area contributed by atoms with Gasteiger partial charge in [-0.15, -0.1) is 0 Å². The van der Waals surface area contributed by atoms with Crippen LogP contribution in [0.5, 0.6) is 5.75 Å². The van der Waals surface area contributed by atoms with E-state index >= 15 is 0 Å². The molecule has 0 saturated carbocycles. The molecule has 2 N–H and O–H groups in total. The summed E-state index contributed by atoms with van der Waals surface area (Å²) in [7, 11) is 1.87. The van der Waals surface area contributed by atoms with Crippen LogP contribution in [0.4, 0.5) is 0 Å². The van der Waals surface area contributed by atoms with E-state index < -0.39 is 5.97 Å². The van der Waals surface area contributed by atoms with Gasteiger partial charge in [0.25, 0.3) is 0 Å². The smallest absolute Gasteiger partial charge is 0.341 e. The molecule has 0 saturated heterocycles. The summed E-state index contributed by atoms with van der Waals surface area (Å²) >= 11 is 0. The molecular formula is C20H21N3O4. The summed E-state index contributed by atoms with van der Waals surface area (Å²) in [5.74, 6) is -0.574. The quantitative estimate of drug-likeness (QED) is 0.635. The summed E-state index contributed by atoms with van der Waals surface area (Å²) in [6.45, 7) is 0.149. The first kappa shape index (κ1) is 18.4. The predicted octanol–water partition coefficient (Wildman–Crippen LogP) is 1.94. The Balaban J connectivity index is 1.48. The van der Waals surface area contributed by atoms with E-state index in [1.54, 1.807) is 16.8 Å². The Morgan fingerprint density at radius 3 is 2.63 bits per heavy atom. The number of aliphatic carboxylic acids is 1. The van der Waals surface area contributed by atoms with Crippen molar-refractivity contribution in [2.75, 3.05) is 13.2 Å². The highest BCUT2D eigenvalue weighted by atomic mass is 16.5. The molecule has 2 aromatic carbocycles. The minimum absolute atomic E-state index is 0.0692. The number of carbonyl (C=O) groups excluding carboxylic acids is 1. The van der Waals surface area contributed by atoms with Gasteiger partial charge in [0.15, 0.2) is 6.61 Å². The van der Waals surface area contributed by atoms with Gasteiger partial charge in [0, 0.05) is 19.0 Å². The molecule has 27 heavy (non-hydrogen) atoms. The molecule has 0 bridgehead atoms. The number of aryl methyl sites for hydroxylation is 1. The molecule has 0 aliphatic heterocycles. The lowest BCUT2D eigenvalue weighted by Crippen LogP contribution is -2.27. The number of para-hydroxylation sites is 1. The molecule has 0 atom stereocenters. The van der Waals surface area contributed by atoms with Gasteiger partial charge in [0.05, 0.1) is 17.6 Å². The molecule has 140 valence electrons. The molecule has 0 radical (unpaired) electrons. The van der Waals surface area contributed by atoms with Crippen molar-refractivity contribution in [3.05, 3.63) is 59.8 Å². The molecule has 1 amide bonds. The first-order chi connectivity index (χ1) is 13.0. The zero-order valence-electron chi connectivity index (χ0n) is 15.0. The van der Waals surface area contributed by atoms with Gasteiger partial charge in [-0.25, -0.2) is 4.79 Å². The van der Waals surface area contributed by atoms with E-state index in [0.29, 0.717) is 18.7 Å². The van der Waals surface area contributed by atoms with Gasteiger partial charge in [-0.1, -0.05) is 30.3 Å². The summed E-state index contributed by atoms with van der Waals surface area (Å²) in [5, 5.41) is 16.9. The molecule has 0 fully saturated rings. The number of benzene rings is 2. The summed E-state index contributed by atoms with van der Waals surface area (Å²) in [6.07, 6.45) is 0.914. The van der Waals surface area contributed by atoms with Gasteiger partial charge in [0.2, 0.25) is 5.91 Å². The lowest BCUT2D eigenvalue weighted by molar-refractivity contribution is -0.139. The van der Waals surface area contributed by atoms with Crippen LogP contribution in [0, 0.1) is 0 Å². The fraction of sp³-hybridized carbons (Fsp3) is 0.250. The Morgan fingerprint density at radius 1 is 1.15 bits per heavy atom. The lowest BCUT2D eigenvalue weighted by Gasteiger charge is -2.06. The van der Waals surface area contributed by atoms with Crippen molar-refractivity contribution in [1.29, 1.82) is 0 Å². The van der Waals surface area contributed by atoms with Gasteiger partial charge >= 0.3 is 5.97 Å². The number of ether oxygens (including phenoxy) is 1. The molecule has 7 heteroatoms. The van der Waals surface area contributed by atoms with Crippen molar-refractivity contribution < 1.29 is 19.4 Å². The second kappa shape index (κ2) is 8.35. The molecule has 0 aliphatic rings. The number of hydrogen-bond donors (Lipinski definition) is 2. The van der Waals surface area contributed by atoms with Gasteiger partial charge in [-0.05, 0) is 30.2 Å². The van der Waals surface area contributed by atoms with Crippen LogP contribution in [0.15, 0.2) is 48.5 Å². The van der Waals surface area contributed by atoms with Crippen LogP contribution in [0.3, 0.4) is 0 Å². The summed E-state index contributed by atoms with van der Waals surface area (Å²) in [4.78, 5) is 22.7. The van der Waals surface area contributed by atoms with Gasteiger partial charge in [-0.3, -0.25) is 9.48 Å². The number of nitrogens with one attached hydrogen (secondary N) is 1. The van der Waals surface area contributed by atoms with Gasteiger partial charge in [0.1, 0.15) is 5.75 Å². The Morgan fingerprint density at radius 2 is 1.89 bits per heavy atom. The maximum absolute atomic E-state index is 12.2. The van der Waals surface area contributed by atoms with Crippen LogP contribution < -0.4 is 10.1 Å². The fourth-order valence-electron chi connectivity index (χ4n) is 2.88. The van der Waals surface area contributed by atoms with Crippen LogP contribution in [0.25, 0.3) is 10.9 Å². The van der Waals surface area contributed by atoms with E-state index in [0.717, 1.165) is 22.2 Å². The van der Waals surface area contributed by atoms with Crippen molar-refractivity contribution >= 4 is 22.8 Å². The van der Waals surface area contributed by atoms with E-state index in [4.69, 9.17) is 9.84 Å². The minimum atomic E-state index is -1.01. The zero-order chi connectivity index (χ0) is 19.2. The van der Waals surface area contributed by atoms with Crippen molar-refractivity contribution in [2.24, 2.45) is 7.05 Å². The number of amides is 1. The normalized spacial score (nSPS) is 10.7. The maximum Gasteiger partial charge on any atom is 0.341 e. The van der Waals surface area contributed by atoms with Crippen LogP contribution >= 0.6 is 0 Å². The molecule has 7 nitrogen and oxygen atoms in total. The monoisotopic (exact) mass is 367 g/mol. The predicted molar refractivity (Wildman–Crippen MR) is 101 cm³/mol. The summed E-state index contributed by atoms with van der Waals surface area (Å²) in [5.41, 5.74) is 2.80. The van der Waals surface area contributed by atoms with Crippen LogP contribution in [0.2, 0.25) is 0 Å². The second-order valence-corrected chi connectivity index (χ2v) is 6.19. The number of carboxylic acid groups (broad SMARTS) is 1.